The van der Waals surface area contributed by atoms with Gasteiger partial charge in [0.1, 0.15) is 0 Å². The second-order valence-corrected chi connectivity index (χ2v) is 3.79. The van der Waals surface area contributed by atoms with E-state index in [1.165, 1.54) is 0 Å². The number of ether oxygens (including phenoxy) is 1. The van der Waals surface area contributed by atoms with Crippen molar-refractivity contribution < 1.29 is 9.53 Å². The van der Waals surface area contributed by atoms with Crippen LogP contribution in [-0.2, 0) is 9.53 Å². The second-order valence-electron chi connectivity index (χ2n) is 3.79. The van der Waals surface area contributed by atoms with Crippen LogP contribution in [-0.4, -0.2) is 19.1 Å². The third-order valence-electron chi connectivity index (χ3n) is 2.98. The summed E-state index contributed by atoms with van der Waals surface area (Å²) in [6.45, 7) is 5.44. The van der Waals surface area contributed by atoms with Gasteiger partial charge in [-0.1, -0.05) is 13.8 Å². The van der Waals surface area contributed by atoms with Gasteiger partial charge in [-0.3, -0.25) is 4.79 Å². The Morgan fingerprint density at radius 2 is 1.92 bits per heavy atom. The zero-order valence-corrected chi connectivity index (χ0v) is 7.80. The summed E-state index contributed by atoms with van der Waals surface area (Å²) in [5.41, 5.74) is 5.10. The Labute approximate surface area is 73.3 Å². The van der Waals surface area contributed by atoms with Crippen molar-refractivity contribution in [1.82, 2.24) is 0 Å². The van der Waals surface area contributed by atoms with Crippen molar-refractivity contribution in [3.05, 3.63) is 0 Å². The van der Waals surface area contributed by atoms with Gasteiger partial charge in [0.15, 0.2) is 0 Å². The maximum absolute atomic E-state index is 11.3. The molecule has 0 spiro atoms. The Morgan fingerprint density at radius 3 is 2.17 bits per heavy atom. The molecular formula is C9H17NO2. The lowest BCUT2D eigenvalue weighted by Gasteiger charge is -2.37. The molecule has 1 aliphatic rings. The third-order valence-corrected chi connectivity index (χ3v) is 2.98. The van der Waals surface area contributed by atoms with Gasteiger partial charge < -0.3 is 10.5 Å². The monoisotopic (exact) mass is 171 g/mol. The third kappa shape index (κ3) is 1.46. The highest BCUT2D eigenvalue weighted by atomic mass is 16.5. The molecule has 0 unspecified atom stereocenters. The van der Waals surface area contributed by atoms with E-state index in [9.17, 15) is 4.79 Å². The Hall–Kier alpha value is -0.570. The van der Waals surface area contributed by atoms with Crippen LogP contribution in [0, 0.1) is 11.3 Å². The van der Waals surface area contributed by atoms with Gasteiger partial charge in [0.2, 0.25) is 5.91 Å². The molecule has 1 heterocycles. The zero-order valence-electron chi connectivity index (χ0n) is 7.80. The van der Waals surface area contributed by atoms with Gasteiger partial charge in [-0.05, 0) is 18.8 Å². The van der Waals surface area contributed by atoms with Gasteiger partial charge in [0, 0.05) is 13.2 Å². The van der Waals surface area contributed by atoms with E-state index in [1.807, 2.05) is 0 Å². The van der Waals surface area contributed by atoms with Crippen LogP contribution in [0.5, 0.6) is 0 Å². The Kier molecular flexibility index (Phi) is 2.73. The number of rotatable bonds is 2. The van der Waals surface area contributed by atoms with Gasteiger partial charge in [0.25, 0.3) is 0 Å². The highest BCUT2D eigenvalue weighted by molar-refractivity contribution is 5.81. The van der Waals surface area contributed by atoms with E-state index < -0.39 is 0 Å². The molecule has 0 aromatic carbocycles. The Bertz CT molecular complexity index is 171. The van der Waals surface area contributed by atoms with E-state index in [4.69, 9.17) is 10.5 Å². The van der Waals surface area contributed by atoms with Crippen molar-refractivity contribution in [3.8, 4) is 0 Å². The largest absolute Gasteiger partial charge is 0.381 e. The van der Waals surface area contributed by atoms with Gasteiger partial charge in [-0.15, -0.1) is 0 Å². The van der Waals surface area contributed by atoms with Crippen molar-refractivity contribution in [2.45, 2.75) is 26.7 Å². The molecule has 1 amide bonds. The standard InChI is InChI=1S/C9H17NO2/c1-7(2)9(8(10)11)3-5-12-6-4-9/h7H,3-6H2,1-2H3,(H2,10,11). The van der Waals surface area contributed by atoms with Crippen LogP contribution in [0.15, 0.2) is 0 Å². The minimum Gasteiger partial charge on any atom is -0.381 e. The van der Waals surface area contributed by atoms with Crippen LogP contribution in [0.4, 0.5) is 0 Å². The fraction of sp³-hybridized carbons (Fsp3) is 0.889. The van der Waals surface area contributed by atoms with E-state index in [1.54, 1.807) is 0 Å². The molecule has 3 nitrogen and oxygen atoms in total. The van der Waals surface area contributed by atoms with Crippen LogP contribution in [0.1, 0.15) is 26.7 Å². The molecular weight excluding hydrogens is 154 g/mol. The lowest BCUT2D eigenvalue weighted by atomic mass is 9.71. The van der Waals surface area contributed by atoms with E-state index in [0.29, 0.717) is 19.1 Å². The van der Waals surface area contributed by atoms with Crippen molar-refractivity contribution in [3.63, 3.8) is 0 Å². The van der Waals surface area contributed by atoms with Crippen LogP contribution in [0.3, 0.4) is 0 Å². The average Bonchev–Trinajstić information content (AvgIpc) is 2.05. The molecule has 1 aliphatic heterocycles. The number of hydrogen-bond donors (Lipinski definition) is 1. The van der Waals surface area contributed by atoms with E-state index in [-0.39, 0.29) is 11.3 Å². The number of hydrogen-bond acceptors (Lipinski definition) is 2. The molecule has 2 N–H and O–H groups in total. The number of primary amides is 1. The van der Waals surface area contributed by atoms with Crippen LogP contribution in [0.2, 0.25) is 0 Å². The van der Waals surface area contributed by atoms with Crippen LogP contribution < -0.4 is 5.73 Å². The molecule has 1 rings (SSSR count). The van der Waals surface area contributed by atoms with Gasteiger partial charge in [0.05, 0.1) is 5.41 Å². The first kappa shape index (κ1) is 9.52. The number of carbonyl (C=O) groups excluding carboxylic acids is 1. The molecule has 0 bridgehead atoms. The predicted molar refractivity (Wildman–Crippen MR) is 46.5 cm³/mol. The lowest BCUT2D eigenvalue weighted by molar-refractivity contribution is -0.137. The second kappa shape index (κ2) is 3.44. The maximum atomic E-state index is 11.3. The summed E-state index contributed by atoms with van der Waals surface area (Å²) in [6, 6.07) is 0. The summed E-state index contributed by atoms with van der Waals surface area (Å²) in [5.74, 6) is 0.153. The Balaban J connectivity index is 2.77. The lowest BCUT2D eigenvalue weighted by Crippen LogP contribution is -2.45. The quantitative estimate of drug-likeness (QED) is 0.671. The molecule has 1 fully saturated rings. The molecule has 0 aromatic rings. The van der Waals surface area contributed by atoms with E-state index in [0.717, 1.165) is 12.8 Å². The van der Waals surface area contributed by atoms with Crippen molar-refractivity contribution in [1.29, 1.82) is 0 Å². The summed E-state index contributed by atoms with van der Waals surface area (Å²) in [6.07, 6.45) is 1.56. The highest BCUT2D eigenvalue weighted by Crippen LogP contribution is 2.37. The first-order chi connectivity index (χ1) is 5.59. The molecule has 0 aliphatic carbocycles. The molecule has 12 heavy (non-hydrogen) atoms. The van der Waals surface area contributed by atoms with Crippen molar-refractivity contribution in [2.75, 3.05) is 13.2 Å². The summed E-state index contributed by atoms with van der Waals surface area (Å²) in [4.78, 5) is 11.3. The fourth-order valence-electron chi connectivity index (χ4n) is 1.84. The minimum absolute atomic E-state index is 0.166. The molecule has 0 radical (unpaired) electrons. The summed E-state index contributed by atoms with van der Waals surface area (Å²) in [7, 11) is 0. The van der Waals surface area contributed by atoms with Crippen LogP contribution >= 0.6 is 0 Å². The van der Waals surface area contributed by atoms with Crippen molar-refractivity contribution in [2.24, 2.45) is 17.1 Å². The Morgan fingerprint density at radius 1 is 1.42 bits per heavy atom. The van der Waals surface area contributed by atoms with Gasteiger partial charge >= 0.3 is 0 Å². The molecule has 1 saturated heterocycles. The first-order valence-electron chi connectivity index (χ1n) is 4.47. The zero-order chi connectivity index (χ0) is 9.19. The van der Waals surface area contributed by atoms with Crippen molar-refractivity contribution >= 4 is 5.91 Å². The molecule has 0 saturated carbocycles. The molecule has 0 atom stereocenters. The number of amides is 1. The molecule has 70 valence electrons. The van der Waals surface area contributed by atoms with E-state index in [2.05, 4.69) is 13.8 Å². The minimum atomic E-state index is -0.307. The summed E-state index contributed by atoms with van der Waals surface area (Å²) >= 11 is 0. The van der Waals surface area contributed by atoms with E-state index >= 15 is 0 Å². The van der Waals surface area contributed by atoms with Gasteiger partial charge in [-0.2, -0.15) is 0 Å². The predicted octanol–water partition coefficient (Wildman–Crippen LogP) is 0.924. The first-order valence-corrected chi connectivity index (χ1v) is 4.47. The number of nitrogens with two attached hydrogens (primary N) is 1. The number of carbonyl (C=O) groups is 1. The highest BCUT2D eigenvalue weighted by Gasteiger charge is 2.40. The smallest absolute Gasteiger partial charge is 0.224 e. The topological polar surface area (TPSA) is 52.3 Å². The SMILES string of the molecule is CC(C)C1(C(N)=O)CCOCC1. The normalized spacial score (nSPS) is 22.6. The van der Waals surface area contributed by atoms with Gasteiger partial charge in [-0.25, -0.2) is 0 Å². The molecule has 3 heteroatoms. The van der Waals surface area contributed by atoms with Crippen LogP contribution in [0.25, 0.3) is 0 Å². The average molecular weight is 171 g/mol. The molecule has 0 aromatic heterocycles. The summed E-state index contributed by atoms with van der Waals surface area (Å²) < 4.78 is 5.22. The maximum Gasteiger partial charge on any atom is 0.224 e. The fourth-order valence-corrected chi connectivity index (χ4v) is 1.84. The summed E-state index contributed by atoms with van der Waals surface area (Å²) in [5, 5.41) is 0.